The summed E-state index contributed by atoms with van der Waals surface area (Å²) < 4.78 is 7.76. The van der Waals surface area contributed by atoms with Crippen LogP contribution < -0.4 is 10.2 Å². The Morgan fingerprint density at radius 3 is 2.81 bits per heavy atom. The van der Waals surface area contributed by atoms with Crippen LogP contribution in [0.5, 0.6) is 5.75 Å². The smallest absolute Gasteiger partial charge is 0.259 e. The second-order valence-electron chi connectivity index (χ2n) is 7.24. The van der Waals surface area contributed by atoms with Crippen LogP contribution in [0, 0.1) is 6.92 Å². The molecule has 0 radical (unpaired) electrons. The predicted molar refractivity (Wildman–Crippen MR) is 105 cm³/mol. The molecule has 0 aliphatic carbocycles. The Balaban J connectivity index is 1.59. The first kappa shape index (κ1) is 17.3. The van der Waals surface area contributed by atoms with Crippen LogP contribution in [0.15, 0.2) is 53.5 Å². The third-order valence-electron chi connectivity index (χ3n) is 5.11. The van der Waals surface area contributed by atoms with Crippen molar-refractivity contribution in [3.05, 3.63) is 75.6 Å². The monoisotopic (exact) mass is 362 g/mol. The van der Waals surface area contributed by atoms with E-state index in [4.69, 9.17) is 4.74 Å². The largest absolute Gasteiger partial charge is 0.488 e. The van der Waals surface area contributed by atoms with E-state index in [1.165, 1.54) is 0 Å². The fourth-order valence-corrected chi connectivity index (χ4v) is 3.71. The van der Waals surface area contributed by atoms with E-state index in [0.29, 0.717) is 11.9 Å². The molecule has 5 nitrogen and oxygen atoms in total. The normalized spacial score (nSPS) is 15.4. The molecular weight excluding hydrogens is 340 g/mol. The van der Waals surface area contributed by atoms with Crippen LogP contribution in [-0.4, -0.2) is 35.1 Å². The third kappa shape index (κ3) is 3.10. The van der Waals surface area contributed by atoms with Crippen molar-refractivity contribution in [3.63, 3.8) is 0 Å². The fraction of sp³-hybridized carbons (Fsp3) is 0.273. The fourth-order valence-electron chi connectivity index (χ4n) is 3.71. The summed E-state index contributed by atoms with van der Waals surface area (Å²) in [5.41, 5.74) is 2.93. The number of ether oxygens (including phenoxy) is 1. The Kier molecular flexibility index (Phi) is 4.22. The highest BCUT2D eigenvalue weighted by Crippen LogP contribution is 2.28. The van der Waals surface area contributed by atoms with Gasteiger partial charge in [0.15, 0.2) is 0 Å². The van der Waals surface area contributed by atoms with Gasteiger partial charge in [0.1, 0.15) is 17.4 Å². The molecule has 0 fully saturated rings. The molecule has 1 unspecified atom stereocenters. The van der Waals surface area contributed by atoms with Crippen LogP contribution in [0.1, 0.15) is 21.5 Å². The standard InChI is InChI=1S/C22H22N2O3/c1-14-8-9-19-17(10-14)21(25)18(13-23(19)2)22(26)24(3)12-16-11-15-6-4-5-7-20(15)27-16/h4-10,13,16H,11-12H2,1-3H3. The van der Waals surface area contributed by atoms with Crippen molar-refractivity contribution >= 4 is 16.8 Å². The number of aryl methyl sites for hydroxylation is 2. The Morgan fingerprint density at radius 2 is 2.04 bits per heavy atom. The number of pyridine rings is 1. The molecule has 1 aromatic heterocycles. The van der Waals surface area contributed by atoms with Gasteiger partial charge < -0.3 is 14.2 Å². The maximum Gasteiger partial charge on any atom is 0.259 e. The molecule has 0 spiro atoms. The van der Waals surface area contributed by atoms with Gasteiger partial charge in [0.2, 0.25) is 5.43 Å². The van der Waals surface area contributed by atoms with Gasteiger partial charge in [0.25, 0.3) is 5.91 Å². The second kappa shape index (κ2) is 6.58. The van der Waals surface area contributed by atoms with E-state index in [9.17, 15) is 9.59 Å². The summed E-state index contributed by atoms with van der Waals surface area (Å²) in [4.78, 5) is 27.4. The van der Waals surface area contributed by atoms with E-state index in [2.05, 4.69) is 0 Å². The minimum absolute atomic E-state index is 0.0945. The lowest BCUT2D eigenvalue weighted by molar-refractivity contribution is 0.0728. The van der Waals surface area contributed by atoms with Crippen LogP contribution in [0.3, 0.4) is 0 Å². The summed E-state index contributed by atoms with van der Waals surface area (Å²) in [6.07, 6.45) is 2.30. The first-order chi connectivity index (χ1) is 12.9. The van der Waals surface area contributed by atoms with Gasteiger partial charge in [0, 0.05) is 32.1 Å². The lowest BCUT2D eigenvalue weighted by atomic mass is 10.1. The third-order valence-corrected chi connectivity index (χ3v) is 5.11. The second-order valence-corrected chi connectivity index (χ2v) is 7.24. The Morgan fingerprint density at radius 1 is 1.26 bits per heavy atom. The zero-order chi connectivity index (χ0) is 19.1. The van der Waals surface area contributed by atoms with Crippen molar-refractivity contribution < 1.29 is 9.53 Å². The zero-order valence-electron chi connectivity index (χ0n) is 15.7. The Labute approximate surface area is 157 Å². The molecule has 1 aliphatic heterocycles. The van der Waals surface area contributed by atoms with Gasteiger partial charge in [-0.3, -0.25) is 9.59 Å². The van der Waals surface area contributed by atoms with Crippen LogP contribution in [0.25, 0.3) is 10.9 Å². The zero-order valence-corrected chi connectivity index (χ0v) is 15.7. The average molecular weight is 362 g/mol. The molecular formula is C22H22N2O3. The van der Waals surface area contributed by atoms with Crippen molar-refractivity contribution in [2.24, 2.45) is 7.05 Å². The highest BCUT2D eigenvalue weighted by atomic mass is 16.5. The number of hydrogen-bond acceptors (Lipinski definition) is 3. The number of aromatic nitrogens is 1. The number of hydrogen-bond donors (Lipinski definition) is 0. The molecule has 1 amide bonds. The lowest BCUT2D eigenvalue weighted by Gasteiger charge is -2.21. The van der Waals surface area contributed by atoms with Gasteiger partial charge in [-0.2, -0.15) is 0 Å². The summed E-state index contributed by atoms with van der Waals surface area (Å²) in [6.45, 7) is 2.37. The van der Waals surface area contributed by atoms with Gasteiger partial charge in [0.05, 0.1) is 12.1 Å². The summed E-state index contributed by atoms with van der Waals surface area (Å²) in [5.74, 6) is 0.596. The van der Waals surface area contributed by atoms with Gasteiger partial charge in [-0.1, -0.05) is 29.8 Å². The highest BCUT2D eigenvalue weighted by Gasteiger charge is 2.26. The summed E-state index contributed by atoms with van der Waals surface area (Å²) in [7, 11) is 3.57. The molecule has 1 aliphatic rings. The molecule has 3 aromatic rings. The maximum atomic E-state index is 13.0. The van der Waals surface area contributed by atoms with E-state index in [1.807, 2.05) is 61.0 Å². The van der Waals surface area contributed by atoms with E-state index < -0.39 is 0 Å². The number of para-hydroxylation sites is 1. The summed E-state index contributed by atoms with van der Waals surface area (Å²) in [6, 6.07) is 13.6. The topological polar surface area (TPSA) is 51.5 Å². The molecule has 27 heavy (non-hydrogen) atoms. The van der Waals surface area contributed by atoms with Crippen molar-refractivity contribution in [1.82, 2.24) is 9.47 Å². The number of carbonyl (C=O) groups is 1. The average Bonchev–Trinajstić information content (AvgIpc) is 3.06. The molecule has 2 aromatic carbocycles. The number of likely N-dealkylation sites (N-methyl/N-ethyl adjacent to an activating group) is 1. The van der Waals surface area contributed by atoms with Crippen LogP contribution in [0.2, 0.25) is 0 Å². The van der Waals surface area contributed by atoms with Gasteiger partial charge in [-0.05, 0) is 30.7 Å². The minimum Gasteiger partial charge on any atom is -0.488 e. The van der Waals surface area contributed by atoms with Crippen LogP contribution >= 0.6 is 0 Å². The van der Waals surface area contributed by atoms with Crippen molar-refractivity contribution in [2.75, 3.05) is 13.6 Å². The van der Waals surface area contributed by atoms with E-state index in [1.54, 1.807) is 18.1 Å². The number of rotatable bonds is 3. The minimum atomic E-state index is -0.279. The van der Waals surface area contributed by atoms with Gasteiger partial charge in [-0.25, -0.2) is 0 Å². The SMILES string of the molecule is Cc1ccc2c(c1)c(=O)c(C(=O)N(C)CC1Cc3ccccc3O1)cn2C. The Bertz CT molecular complexity index is 1080. The molecule has 0 saturated carbocycles. The summed E-state index contributed by atoms with van der Waals surface area (Å²) in [5, 5.41) is 0.571. The molecule has 0 N–H and O–H groups in total. The maximum absolute atomic E-state index is 13.0. The van der Waals surface area contributed by atoms with Crippen molar-refractivity contribution in [2.45, 2.75) is 19.4 Å². The first-order valence-electron chi connectivity index (χ1n) is 9.04. The van der Waals surface area contributed by atoms with E-state index in [0.717, 1.165) is 28.8 Å². The quantitative estimate of drug-likeness (QED) is 0.720. The molecule has 0 saturated heterocycles. The van der Waals surface area contributed by atoms with E-state index >= 15 is 0 Å². The van der Waals surface area contributed by atoms with Crippen molar-refractivity contribution in [3.8, 4) is 5.75 Å². The molecule has 4 rings (SSSR count). The molecule has 5 heteroatoms. The molecule has 0 bridgehead atoms. The molecule has 1 atom stereocenters. The summed E-state index contributed by atoms with van der Waals surface area (Å²) >= 11 is 0. The predicted octanol–water partition coefficient (Wildman–Crippen LogP) is 2.92. The van der Waals surface area contributed by atoms with Gasteiger partial charge >= 0.3 is 0 Å². The number of benzene rings is 2. The molecule has 138 valence electrons. The number of amides is 1. The number of fused-ring (bicyclic) bond motifs is 2. The van der Waals surface area contributed by atoms with Gasteiger partial charge in [-0.15, -0.1) is 0 Å². The van der Waals surface area contributed by atoms with Crippen LogP contribution in [0.4, 0.5) is 0 Å². The molecule has 2 heterocycles. The Hall–Kier alpha value is -3.08. The number of nitrogens with zero attached hydrogens (tertiary/aromatic N) is 2. The van der Waals surface area contributed by atoms with Crippen LogP contribution in [-0.2, 0) is 13.5 Å². The lowest BCUT2D eigenvalue weighted by Crippen LogP contribution is -2.38. The highest BCUT2D eigenvalue weighted by molar-refractivity contribution is 5.97. The first-order valence-corrected chi connectivity index (χ1v) is 9.04. The van der Waals surface area contributed by atoms with E-state index in [-0.39, 0.29) is 23.0 Å². The number of carbonyl (C=O) groups excluding carboxylic acids is 1. The van der Waals surface area contributed by atoms with Crippen molar-refractivity contribution in [1.29, 1.82) is 0 Å².